The van der Waals surface area contributed by atoms with E-state index in [4.69, 9.17) is 5.73 Å². The predicted octanol–water partition coefficient (Wildman–Crippen LogP) is -1.80. The maximum Gasteiger partial charge on any atom is 0.245 e. The van der Waals surface area contributed by atoms with Crippen molar-refractivity contribution in [3.8, 4) is 0 Å². The fourth-order valence-electron chi connectivity index (χ4n) is 3.13. The molecule has 0 saturated carbocycles. The number of carbonyl (C=O) groups is 3. The lowest BCUT2D eigenvalue weighted by Crippen LogP contribution is -2.63. The molecular weight excluding hydrogens is 350 g/mol. The van der Waals surface area contributed by atoms with E-state index in [1.54, 1.807) is 6.92 Å². The van der Waals surface area contributed by atoms with Crippen LogP contribution in [0.15, 0.2) is 0 Å². The van der Waals surface area contributed by atoms with E-state index in [2.05, 4.69) is 34.7 Å². The highest BCUT2D eigenvalue weighted by Gasteiger charge is 2.34. The molecule has 1 heterocycles. The molecule has 0 aromatic carbocycles. The molecule has 1 saturated heterocycles. The first-order valence-corrected chi connectivity index (χ1v) is 9.67. The van der Waals surface area contributed by atoms with Crippen molar-refractivity contribution in [3.05, 3.63) is 0 Å². The summed E-state index contributed by atoms with van der Waals surface area (Å²) in [5.74, 6) is -0.731. The first kappa shape index (κ1) is 23.5. The molecule has 156 valence electrons. The number of hydrogen-bond acceptors (Lipinski definition) is 7. The van der Waals surface area contributed by atoms with Crippen molar-refractivity contribution in [1.29, 1.82) is 0 Å². The first-order chi connectivity index (χ1) is 12.7. The van der Waals surface area contributed by atoms with E-state index in [1.165, 1.54) is 6.92 Å². The van der Waals surface area contributed by atoms with E-state index in [9.17, 15) is 19.5 Å². The van der Waals surface area contributed by atoms with Gasteiger partial charge in [0.25, 0.3) is 0 Å². The number of hydrogen-bond donors (Lipinski definition) is 5. The number of rotatable bonds is 10. The Morgan fingerprint density at radius 2 is 1.93 bits per heavy atom. The Morgan fingerprint density at radius 1 is 1.26 bits per heavy atom. The molecule has 0 aromatic rings. The lowest BCUT2D eigenvalue weighted by Gasteiger charge is -2.37. The van der Waals surface area contributed by atoms with Crippen LogP contribution >= 0.6 is 0 Å². The van der Waals surface area contributed by atoms with E-state index in [-0.39, 0.29) is 24.7 Å². The summed E-state index contributed by atoms with van der Waals surface area (Å²) in [5.41, 5.74) is 5.56. The van der Waals surface area contributed by atoms with Crippen molar-refractivity contribution < 1.29 is 19.5 Å². The summed E-state index contributed by atoms with van der Waals surface area (Å²) < 4.78 is 0. The van der Waals surface area contributed by atoms with E-state index in [0.29, 0.717) is 12.5 Å². The van der Waals surface area contributed by atoms with Crippen molar-refractivity contribution in [2.75, 3.05) is 32.7 Å². The van der Waals surface area contributed by atoms with Crippen LogP contribution in [0.25, 0.3) is 0 Å². The molecule has 1 aliphatic rings. The highest BCUT2D eigenvalue weighted by molar-refractivity contribution is 5.94. The van der Waals surface area contributed by atoms with Gasteiger partial charge >= 0.3 is 0 Å². The van der Waals surface area contributed by atoms with Crippen LogP contribution in [0, 0.1) is 5.92 Å². The van der Waals surface area contributed by atoms with E-state index in [1.807, 2.05) is 0 Å². The number of aliphatic hydroxyl groups excluding tert-OH is 1. The van der Waals surface area contributed by atoms with Crippen molar-refractivity contribution >= 4 is 17.6 Å². The molecule has 1 rings (SSSR count). The van der Waals surface area contributed by atoms with Crippen molar-refractivity contribution in [1.82, 2.24) is 20.9 Å². The summed E-state index contributed by atoms with van der Waals surface area (Å²) >= 11 is 0. The van der Waals surface area contributed by atoms with Crippen LogP contribution in [0.3, 0.4) is 0 Å². The summed E-state index contributed by atoms with van der Waals surface area (Å²) in [6.45, 7) is 10.0. The van der Waals surface area contributed by atoms with E-state index in [0.717, 1.165) is 19.6 Å². The first-order valence-electron chi connectivity index (χ1n) is 9.67. The van der Waals surface area contributed by atoms with Crippen LogP contribution in [0.1, 0.15) is 34.1 Å². The third kappa shape index (κ3) is 7.17. The van der Waals surface area contributed by atoms with Gasteiger partial charge in [0.15, 0.2) is 5.78 Å². The number of piperazine rings is 1. The van der Waals surface area contributed by atoms with Gasteiger partial charge in [0, 0.05) is 39.1 Å². The van der Waals surface area contributed by atoms with Crippen molar-refractivity contribution in [2.45, 2.75) is 58.3 Å². The lowest BCUT2D eigenvalue weighted by atomic mass is 10.1. The Morgan fingerprint density at radius 3 is 2.44 bits per heavy atom. The Bertz CT molecular complexity index is 512. The van der Waals surface area contributed by atoms with Gasteiger partial charge < -0.3 is 26.8 Å². The second-order valence-corrected chi connectivity index (χ2v) is 7.45. The standard InChI is InChI=1S/C18H35N5O4/c1-5-15(25)13(8-19)21-18(27)16(12(4)24)22-17(26)14-9-20-6-7-23(14)10-11(2)3/h11-14,16,20,24H,5-10,19H2,1-4H3,(H,21,27)(H,22,26)/t12?,13-,14-,16-/m0/s1. The monoisotopic (exact) mass is 385 g/mol. The Hall–Kier alpha value is -1.55. The van der Waals surface area contributed by atoms with Crippen molar-refractivity contribution in [2.24, 2.45) is 11.7 Å². The molecule has 0 aromatic heterocycles. The predicted molar refractivity (Wildman–Crippen MR) is 103 cm³/mol. The highest BCUT2D eigenvalue weighted by Crippen LogP contribution is 2.08. The third-order valence-electron chi connectivity index (χ3n) is 4.61. The number of amides is 2. The quantitative estimate of drug-likeness (QED) is 0.299. The largest absolute Gasteiger partial charge is 0.391 e. The zero-order valence-electron chi connectivity index (χ0n) is 16.8. The van der Waals surface area contributed by atoms with E-state index >= 15 is 0 Å². The molecule has 0 radical (unpaired) electrons. The molecule has 1 fully saturated rings. The summed E-state index contributed by atoms with van der Waals surface area (Å²) in [4.78, 5) is 39.2. The molecule has 0 spiro atoms. The SMILES string of the molecule is CCC(=O)[C@H](CN)NC(=O)[C@@H](NC(=O)[C@@H]1CNCCN1CC(C)C)C(C)O. The molecule has 6 N–H and O–H groups in total. The normalized spacial score (nSPS) is 21.4. The fraction of sp³-hybridized carbons (Fsp3) is 0.833. The minimum absolute atomic E-state index is 0.0341. The van der Waals surface area contributed by atoms with Crippen LogP contribution in [-0.2, 0) is 14.4 Å². The van der Waals surface area contributed by atoms with Gasteiger partial charge in [-0.2, -0.15) is 0 Å². The van der Waals surface area contributed by atoms with Gasteiger partial charge in [-0.1, -0.05) is 20.8 Å². The Labute approximate surface area is 161 Å². The minimum Gasteiger partial charge on any atom is -0.391 e. The highest BCUT2D eigenvalue weighted by atomic mass is 16.3. The van der Waals surface area contributed by atoms with Gasteiger partial charge in [0.1, 0.15) is 12.1 Å². The average molecular weight is 386 g/mol. The molecular formula is C18H35N5O4. The maximum absolute atomic E-state index is 12.8. The van der Waals surface area contributed by atoms with Crippen LogP contribution in [0.2, 0.25) is 0 Å². The summed E-state index contributed by atoms with van der Waals surface area (Å²) in [5, 5.41) is 18.4. The Balaban J connectivity index is 2.80. The minimum atomic E-state index is -1.15. The lowest BCUT2D eigenvalue weighted by molar-refractivity contribution is -0.136. The van der Waals surface area contributed by atoms with Gasteiger partial charge in [-0.05, 0) is 12.8 Å². The van der Waals surface area contributed by atoms with Crippen LogP contribution in [-0.4, -0.2) is 84.6 Å². The summed E-state index contributed by atoms with van der Waals surface area (Å²) in [6.07, 6.45) is -0.870. The number of nitrogens with one attached hydrogen (secondary N) is 3. The van der Waals surface area contributed by atoms with Crippen LogP contribution < -0.4 is 21.7 Å². The van der Waals surface area contributed by atoms with Gasteiger partial charge in [-0.15, -0.1) is 0 Å². The van der Waals surface area contributed by atoms with Gasteiger partial charge in [-0.25, -0.2) is 0 Å². The maximum atomic E-state index is 12.8. The summed E-state index contributed by atoms with van der Waals surface area (Å²) in [7, 11) is 0. The number of ketones is 1. The average Bonchev–Trinajstić information content (AvgIpc) is 2.62. The number of Topliss-reactive ketones (excluding diaryl/α,β-unsaturated/α-hetero) is 1. The molecule has 0 aliphatic carbocycles. The van der Waals surface area contributed by atoms with E-state index < -0.39 is 30.1 Å². The van der Waals surface area contributed by atoms with Gasteiger partial charge in [0.2, 0.25) is 11.8 Å². The molecule has 0 bridgehead atoms. The second-order valence-electron chi connectivity index (χ2n) is 7.45. The molecule has 4 atom stereocenters. The second kappa shape index (κ2) is 11.3. The number of carbonyl (C=O) groups excluding carboxylic acids is 3. The topological polar surface area (TPSA) is 137 Å². The van der Waals surface area contributed by atoms with Crippen LogP contribution in [0.4, 0.5) is 0 Å². The molecule has 2 amide bonds. The smallest absolute Gasteiger partial charge is 0.245 e. The Kier molecular flexibility index (Phi) is 9.86. The fourth-order valence-corrected chi connectivity index (χ4v) is 3.13. The molecule has 1 aliphatic heterocycles. The molecule has 1 unspecified atom stereocenters. The number of nitrogens with zero attached hydrogens (tertiary/aromatic N) is 1. The zero-order valence-corrected chi connectivity index (χ0v) is 16.8. The molecule has 9 nitrogen and oxygen atoms in total. The number of nitrogens with two attached hydrogens (primary N) is 1. The summed E-state index contributed by atoms with van der Waals surface area (Å²) in [6, 6.07) is -2.40. The zero-order chi connectivity index (χ0) is 20.6. The van der Waals surface area contributed by atoms with Crippen LogP contribution in [0.5, 0.6) is 0 Å². The van der Waals surface area contributed by atoms with Gasteiger partial charge in [0.05, 0.1) is 12.1 Å². The third-order valence-corrected chi connectivity index (χ3v) is 4.61. The molecule has 27 heavy (non-hydrogen) atoms. The van der Waals surface area contributed by atoms with Gasteiger partial charge in [-0.3, -0.25) is 19.3 Å². The van der Waals surface area contributed by atoms with Crippen molar-refractivity contribution in [3.63, 3.8) is 0 Å². The number of aliphatic hydroxyl groups is 1. The molecule has 9 heteroatoms.